The second kappa shape index (κ2) is 8.79. The van der Waals surface area contributed by atoms with E-state index in [2.05, 4.69) is 4.98 Å². The number of morpholine rings is 1. The summed E-state index contributed by atoms with van der Waals surface area (Å²) in [4.78, 5) is 31.7. The maximum absolute atomic E-state index is 15.4. The lowest BCUT2D eigenvalue weighted by Crippen LogP contribution is -2.45. The third kappa shape index (κ3) is 4.04. The average Bonchev–Trinajstić information content (AvgIpc) is 3.37. The quantitative estimate of drug-likeness (QED) is 0.588. The molecule has 34 heavy (non-hydrogen) atoms. The zero-order valence-corrected chi connectivity index (χ0v) is 19.2. The fourth-order valence-electron chi connectivity index (χ4n) is 4.80. The van der Waals surface area contributed by atoms with Crippen LogP contribution >= 0.6 is 0 Å². The number of amides is 2. The van der Waals surface area contributed by atoms with Gasteiger partial charge in [-0.05, 0) is 43.2 Å². The number of aryl methyl sites for hydroxylation is 1. The third-order valence-corrected chi connectivity index (χ3v) is 6.53. The van der Waals surface area contributed by atoms with Crippen LogP contribution in [-0.2, 0) is 20.7 Å². The number of hydrogen-bond acceptors (Lipinski definition) is 4. The molecule has 7 nitrogen and oxygen atoms in total. The average molecular weight is 469 g/mol. The Balaban J connectivity index is 1.58. The van der Waals surface area contributed by atoms with Gasteiger partial charge in [0.05, 0.1) is 29.7 Å². The predicted octanol–water partition coefficient (Wildman–Crippen LogP) is 3.50. The van der Waals surface area contributed by atoms with Crippen LogP contribution < -0.4 is 4.90 Å². The number of ether oxygens (including phenoxy) is 1. The zero-order valence-electron chi connectivity index (χ0n) is 19.2. The summed E-state index contributed by atoms with van der Waals surface area (Å²) < 4.78 is 38.5. The van der Waals surface area contributed by atoms with Crippen molar-refractivity contribution in [3.63, 3.8) is 0 Å². The van der Waals surface area contributed by atoms with E-state index < -0.39 is 11.6 Å². The summed E-state index contributed by atoms with van der Waals surface area (Å²) in [6.45, 7) is 5.20. The Morgan fingerprint density at radius 1 is 1.21 bits per heavy atom. The number of fused-ring (bicyclic) bond motifs is 1. The highest BCUT2D eigenvalue weighted by Crippen LogP contribution is 2.34. The van der Waals surface area contributed by atoms with Crippen LogP contribution in [0, 0.1) is 18.6 Å². The Bertz CT molecular complexity index is 1270. The van der Waals surface area contributed by atoms with E-state index in [9.17, 15) is 9.59 Å². The van der Waals surface area contributed by atoms with Crippen molar-refractivity contribution in [3.05, 3.63) is 53.4 Å². The van der Waals surface area contributed by atoms with Crippen LogP contribution in [-0.4, -0.2) is 58.4 Å². The number of anilines is 1. The van der Waals surface area contributed by atoms with Gasteiger partial charge in [-0.1, -0.05) is 0 Å². The van der Waals surface area contributed by atoms with Crippen LogP contribution in [0.3, 0.4) is 0 Å². The fraction of sp³-hybridized carbons (Fsp3) is 0.400. The standard InChI is InChI=1S/C25H26F2N4O3/c1-15-5-7-31-21(13-18-14-29(16(2)32)8-9-34-18)25(28-22(31)10-15)24-19(26)11-17(12-20(24)27)30-6-3-4-23(30)33/h5,7,10-12,18H,3-4,6,8-9,13-14H2,1-2H3/t18-/m0/s1. The minimum absolute atomic E-state index is 0.0357. The highest BCUT2D eigenvalue weighted by Gasteiger charge is 2.29. The van der Waals surface area contributed by atoms with Gasteiger partial charge < -0.3 is 18.9 Å². The zero-order chi connectivity index (χ0) is 24.0. The minimum Gasteiger partial charge on any atom is -0.374 e. The molecule has 1 atom stereocenters. The Labute approximate surface area is 195 Å². The number of halogens is 2. The van der Waals surface area contributed by atoms with Crippen LogP contribution in [0.5, 0.6) is 0 Å². The molecular formula is C25H26F2N4O3. The molecule has 4 heterocycles. The van der Waals surface area contributed by atoms with Gasteiger partial charge in [0, 0.05) is 51.3 Å². The van der Waals surface area contributed by atoms with Gasteiger partial charge in [0.25, 0.3) is 0 Å². The number of carbonyl (C=O) groups excluding carboxylic acids is 2. The van der Waals surface area contributed by atoms with Crippen molar-refractivity contribution >= 4 is 23.1 Å². The molecule has 178 valence electrons. The summed E-state index contributed by atoms with van der Waals surface area (Å²) in [5.74, 6) is -1.72. The Morgan fingerprint density at radius 2 is 1.97 bits per heavy atom. The number of imidazole rings is 1. The highest BCUT2D eigenvalue weighted by atomic mass is 19.1. The summed E-state index contributed by atoms with van der Waals surface area (Å²) in [6, 6.07) is 6.16. The van der Waals surface area contributed by atoms with Gasteiger partial charge in [0.1, 0.15) is 17.3 Å². The number of nitrogens with zero attached hydrogens (tertiary/aromatic N) is 4. The second-order valence-corrected chi connectivity index (χ2v) is 8.93. The molecular weight excluding hydrogens is 442 g/mol. The van der Waals surface area contributed by atoms with Crippen molar-refractivity contribution in [1.29, 1.82) is 0 Å². The molecule has 0 saturated carbocycles. The number of benzene rings is 1. The van der Waals surface area contributed by atoms with Crippen LogP contribution in [0.2, 0.25) is 0 Å². The van der Waals surface area contributed by atoms with Crippen LogP contribution in [0.4, 0.5) is 14.5 Å². The van der Waals surface area contributed by atoms with E-state index in [4.69, 9.17) is 4.74 Å². The lowest BCUT2D eigenvalue weighted by Gasteiger charge is -2.32. The Morgan fingerprint density at radius 3 is 2.65 bits per heavy atom. The smallest absolute Gasteiger partial charge is 0.227 e. The molecule has 0 aliphatic carbocycles. The Hall–Kier alpha value is -3.33. The molecule has 2 aromatic heterocycles. The predicted molar refractivity (Wildman–Crippen MR) is 123 cm³/mol. The fourth-order valence-corrected chi connectivity index (χ4v) is 4.80. The minimum atomic E-state index is -0.772. The van der Waals surface area contributed by atoms with Gasteiger partial charge in [-0.2, -0.15) is 0 Å². The van der Waals surface area contributed by atoms with E-state index in [0.717, 1.165) is 5.56 Å². The maximum Gasteiger partial charge on any atom is 0.227 e. The molecule has 9 heteroatoms. The van der Waals surface area contributed by atoms with Crippen molar-refractivity contribution in [2.45, 2.75) is 39.2 Å². The molecule has 5 rings (SSSR count). The van der Waals surface area contributed by atoms with E-state index in [-0.39, 0.29) is 34.9 Å². The molecule has 0 bridgehead atoms. The second-order valence-electron chi connectivity index (χ2n) is 8.93. The van der Waals surface area contributed by atoms with E-state index in [0.29, 0.717) is 56.8 Å². The van der Waals surface area contributed by atoms with Gasteiger partial charge in [-0.15, -0.1) is 0 Å². The third-order valence-electron chi connectivity index (χ3n) is 6.53. The largest absolute Gasteiger partial charge is 0.374 e. The summed E-state index contributed by atoms with van der Waals surface area (Å²) in [5, 5.41) is 0. The van der Waals surface area contributed by atoms with Crippen LogP contribution in [0.1, 0.15) is 31.0 Å². The van der Waals surface area contributed by atoms with E-state index in [1.54, 1.807) is 4.90 Å². The van der Waals surface area contributed by atoms with Gasteiger partial charge in [-0.3, -0.25) is 9.59 Å². The first-order valence-corrected chi connectivity index (χ1v) is 11.5. The first-order chi connectivity index (χ1) is 16.3. The summed E-state index contributed by atoms with van der Waals surface area (Å²) in [5.41, 5.74) is 2.33. The topological polar surface area (TPSA) is 67.2 Å². The normalized spacial score (nSPS) is 18.8. The Kier molecular flexibility index (Phi) is 5.81. The first-order valence-electron chi connectivity index (χ1n) is 11.5. The number of rotatable bonds is 4. The first kappa shape index (κ1) is 22.5. The molecule has 2 aliphatic heterocycles. The monoisotopic (exact) mass is 468 g/mol. The molecule has 2 fully saturated rings. The van der Waals surface area contributed by atoms with Crippen LogP contribution in [0.25, 0.3) is 16.9 Å². The van der Waals surface area contributed by atoms with E-state index in [1.807, 2.05) is 29.7 Å². The number of carbonyl (C=O) groups is 2. The SMILES string of the molecule is CC(=O)N1CCO[C@@H](Cc2c(-c3c(F)cc(N4CCCC4=O)cc3F)nc3cc(C)ccn23)C1. The molecule has 2 saturated heterocycles. The van der Waals surface area contributed by atoms with Crippen molar-refractivity contribution in [2.24, 2.45) is 0 Å². The molecule has 1 aromatic carbocycles. The lowest BCUT2D eigenvalue weighted by molar-refractivity contribution is -0.136. The van der Waals surface area contributed by atoms with Gasteiger partial charge in [0.15, 0.2) is 0 Å². The van der Waals surface area contributed by atoms with Gasteiger partial charge in [0.2, 0.25) is 11.8 Å². The molecule has 2 amide bonds. The summed E-state index contributed by atoms with van der Waals surface area (Å²) in [6.07, 6.45) is 2.87. The summed E-state index contributed by atoms with van der Waals surface area (Å²) in [7, 11) is 0. The lowest BCUT2D eigenvalue weighted by atomic mass is 10.0. The van der Waals surface area contributed by atoms with Crippen LogP contribution in [0.15, 0.2) is 30.5 Å². The van der Waals surface area contributed by atoms with E-state index in [1.165, 1.54) is 24.0 Å². The number of hydrogen-bond donors (Lipinski definition) is 0. The van der Waals surface area contributed by atoms with Crippen molar-refractivity contribution in [1.82, 2.24) is 14.3 Å². The number of pyridine rings is 1. The summed E-state index contributed by atoms with van der Waals surface area (Å²) >= 11 is 0. The van der Waals surface area contributed by atoms with Crippen molar-refractivity contribution < 1.29 is 23.1 Å². The van der Waals surface area contributed by atoms with Crippen molar-refractivity contribution in [3.8, 4) is 11.3 Å². The van der Waals surface area contributed by atoms with Gasteiger partial charge in [-0.25, -0.2) is 13.8 Å². The highest BCUT2D eigenvalue weighted by molar-refractivity contribution is 5.95. The molecule has 3 aromatic rings. The maximum atomic E-state index is 15.4. The number of aromatic nitrogens is 2. The van der Waals surface area contributed by atoms with Gasteiger partial charge >= 0.3 is 0 Å². The van der Waals surface area contributed by atoms with E-state index >= 15 is 8.78 Å². The molecule has 2 aliphatic rings. The molecule has 0 unspecified atom stereocenters. The van der Waals surface area contributed by atoms with Crippen molar-refractivity contribution in [2.75, 3.05) is 31.1 Å². The molecule has 0 N–H and O–H groups in total. The molecule has 0 spiro atoms. The molecule has 0 radical (unpaired) electrons.